The second-order valence-corrected chi connectivity index (χ2v) is 6.75. The van der Waals surface area contributed by atoms with Crippen molar-refractivity contribution in [3.8, 4) is 0 Å². The number of anilines is 1. The Morgan fingerprint density at radius 2 is 2.15 bits per heavy atom. The predicted molar refractivity (Wildman–Crippen MR) is 77.8 cm³/mol. The van der Waals surface area contributed by atoms with E-state index in [1.54, 1.807) is 18.2 Å². The molecule has 0 fully saturated rings. The third-order valence-electron chi connectivity index (χ3n) is 3.36. The van der Waals surface area contributed by atoms with E-state index in [1.807, 2.05) is 6.92 Å². The third-order valence-corrected chi connectivity index (χ3v) is 5.10. The van der Waals surface area contributed by atoms with Gasteiger partial charge in [0.2, 0.25) is 10.0 Å². The molecule has 6 heteroatoms. The van der Waals surface area contributed by atoms with Crippen LogP contribution in [0.1, 0.15) is 29.8 Å². The molecule has 1 aliphatic heterocycles. The van der Waals surface area contributed by atoms with Crippen LogP contribution in [0.3, 0.4) is 0 Å². The molecular weight excluding hydrogens is 278 g/mol. The number of sulfonamides is 1. The first kappa shape index (κ1) is 15.0. The van der Waals surface area contributed by atoms with Crippen LogP contribution in [0.25, 0.3) is 0 Å². The summed E-state index contributed by atoms with van der Waals surface area (Å²) in [6, 6.07) is 5.19. The van der Waals surface area contributed by atoms with Crippen LogP contribution in [-0.4, -0.2) is 39.7 Å². The van der Waals surface area contributed by atoms with Crippen LogP contribution in [0.5, 0.6) is 0 Å². The lowest BCUT2D eigenvalue weighted by Crippen LogP contribution is -2.32. The highest BCUT2D eigenvalue weighted by atomic mass is 32.2. The van der Waals surface area contributed by atoms with E-state index >= 15 is 0 Å². The van der Waals surface area contributed by atoms with Crippen molar-refractivity contribution in [3.63, 3.8) is 0 Å². The zero-order valence-electron chi connectivity index (χ0n) is 11.8. The first-order valence-electron chi connectivity index (χ1n) is 6.67. The Labute approximate surface area is 119 Å². The van der Waals surface area contributed by atoms with Gasteiger partial charge < -0.3 is 4.74 Å². The summed E-state index contributed by atoms with van der Waals surface area (Å²) < 4.78 is 31.1. The van der Waals surface area contributed by atoms with Crippen molar-refractivity contribution in [2.24, 2.45) is 0 Å². The van der Waals surface area contributed by atoms with Crippen LogP contribution < -0.4 is 4.31 Å². The number of hydrogen-bond donors (Lipinski definition) is 0. The summed E-state index contributed by atoms with van der Waals surface area (Å²) in [5.41, 5.74) is 2.22. The minimum Gasteiger partial charge on any atom is -0.381 e. The second-order valence-electron chi connectivity index (χ2n) is 4.73. The minimum atomic E-state index is -3.36. The fraction of sp³-hybridized carbons (Fsp3) is 0.500. The van der Waals surface area contributed by atoms with Gasteiger partial charge in [0.05, 0.1) is 18.0 Å². The van der Waals surface area contributed by atoms with Crippen LogP contribution in [0, 0.1) is 0 Å². The quantitative estimate of drug-likeness (QED) is 0.591. The molecule has 1 heterocycles. The number of rotatable bonds is 6. The number of ether oxygens (including phenoxy) is 1. The number of Topliss-reactive ketones (excluding diaryl/α,β-unsaturated/α-hetero) is 1. The molecule has 0 atom stereocenters. The number of carbonyl (C=O) groups excluding carboxylic acids is 1. The number of hydrogen-bond acceptors (Lipinski definition) is 4. The summed E-state index contributed by atoms with van der Waals surface area (Å²) in [7, 11) is -3.36. The van der Waals surface area contributed by atoms with Crippen LogP contribution >= 0.6 is 0 Å². The molecule has 0 radical (unpaired) electrons. The Bertz CT molecular complexity index is 610. The Kier molecular flexibility index (Phi) is 4.45. The Morgan fingerprint density at radius 1 is 1.40 bits per heavy atom. The van der Waals surface area contributed by atoms with Crippen molar-refractivity contribution in [1.29, 1.82) is 0 Å². The van der Waals surface area contributed by atoms with Gasteiger partial charge >= 0.3 is 0 Å². The lowest BCUT2D eigenvalue weighted by molar-refractivity contribution is 0.101. The highest BCUT2D eigenvalue weighted by Crippen LogP contribution is 2.31. The number of ketones is 1. The molecule has 2 rings (SSSR count). The van der Waals surface area contributed by atoms with Gasteiger partial charge in [-0.15, -0.1) is 0 Å². The van der Waals surface area contributed by atoms with Gasteiger partial charge in [-0.3, -0.25) is 9.10 Å². The van der Waals surface area contributed by atoms with Crippen molar-refractivity contribution < 1.29 is 17.9 Å². The molecule has 0 saturated carbocycles. The summed E-state index contributed by atoms with van der Waals surface area (Å²) in [4.78, 5) is 11.3. The van der Waals surface area contributed by atoms with Crippen LogP contribution in [0.2, 0.25) is 0 Å². The average Bonchev–Trinajstić information content (AvgIpc) is 2.82. The number of benzene rings is 1. The van der Waals surface area contributed by atoms with Crippen LogP contribution in [-0.2, 0) is 21.2 Å². The van der Waals surface area contributed by atoms with Gasteiger partial charge in [-0.05, 0) is 44.0 Å². The molecule has 0 amide bonds. The van der Waals surface area contributed by atoms with E-state index in [9.17, 15) is 13.2 Å². The summed E-state index contributed by atoms with van der Waals surface area (Å²) in [6.07, 6.45) is 0.643. The first-order valence-corrected chi connectivity index (χ1v) is 8.28. The molecule has 0 unspecified atom stereocenters. The molecule has 1 aromatic carbocycles. The van der Waals surface area contributed by atoms with Crippen molar-refractivity contribution in [3.05, 3.63) is 29.3 Å². The van der Waals surface area contributed by atoms with E-state index in [4.69, 9.17) is 4.74 Å². The number of fused-ring (bicyclic) bond motifs is 1. The summed E-state index contributed by atoms with van der Waals surface area (Å²) in [5, 5.41) is 0. The molecule has 110 valence electrons. The van der Waals surface area contributed by atoms with Gasteiger partial charge in [-0.2, -0.15) is 0 Å². The van der Waals surface area contributed by atoms with Crippen molar-refractivity contribution >= 4 is 21.5 Å². The monoisotopic (exact) mass is 297 g/mol. The molecule has 1 aliphatic rings. The maximum Gasteiger partial charge on any atom is 0.237 e. The largest absolute Gasteiger partial charge is 0.381 e. The van der Waals surface area contributed by atoms with Crippen molar-refractivity contribution in [1.82, 2.24) is 0 Å². The zero-order valence-corrected chi connectivity index (χ0v) is 12.6. The van der Waals surface area contributed by atoms with E-state index in [-0.39, 0.29) is 18.1 Å². The maximum atomic E-state index is 12.3. The highest BCUT2D eigenvalue weighted by Gasteiger charge is 2.29. The van der Waals surface area contributed by atoms with Gasteiger partial charge in [0, 0.05) is 18.7 Å². The van der Waals surface area contributed by atoms with Crippen LogP contribution in [0.15, 0.2) is 18.2 Å². The Hall–Kier alpha value is -1.40. The van der Waals surface area contributed by atoms with Crippen molar-refractivity contribution in [2.75, 3.05) is 29.8 Å². The Morgan fingerprint density at radius 3 is 2.80 bits per heavy atom. The third kappa shape index (κ3) is 3.02. The smallest absolute Gasteiger partial charge is 0.237 e. The summed E-state index contributed by atoms with van der Waals surface area (Å²) >= 11 is 0. The molecule has 1 aromatic rings. The highest BCUT2D eigenvalue weighted by molar-refractivity contribution is 7.92. The normalized spacial score (nSPS) is 14.4. The Balaban J connectivity index is 2.21. The minimum absolute atomic E-state index is 0.00884. The van der Waals surface area contributed by atoms with E-state index in [0.29, 0.717) is 30.8 Å². The van der Waals surface area contributed by atoms with E-state index in [2.05, 4.69) is 0 Å². The molecular formula is C14H19NO4S. The maximum absolute atomic E-state index is 12.3. The molecule has 0 aliphatic carbocycles. The lowest BCUT2D eigenvalue weighted by atomic mass is 10.1. The van der Waals surface area contributed by atoms with E-state index in [0.717, 1.165) is 5.56 Å². The molecule has 0 bridgehead atoms. The number of nitrogens with zero attached hydrogens (tertiary/aromatic N) is 1. The molecule has 0 N–H and O–H groups in total. The molecule has 0 aromatic heterocycles. The molecule has 0 saturated heterocycles. The van der Waals surface area contributed by atoms with Gasteiger partial charge in [-0.1, -0.05) is 0 Å². The van der Waals surface area contributed by atoms with Gasteiger partial charge in [-0.25, -0.2) is 8.42 Å². The molecule has 5 nitrogen and oxygen atoms in total. The van der Waals surface area contributed by atoms with Gasteiger partial charge in [0.1, 0.15) is 0 Å². The lowest BCUT2D eigenvalue weighted by Gasteiger charge is -2.19. The number of carbonyl (C=O) groups is 1. The van der Waals surface area contributed by atoms with Crippen molar-refractivity contribution in [2.45, 2.75) is 20.3 Å². The van der Waals surface area contributed by atoms with Crippen LogP contribution in [0.4, 0.5) is 5.69 Å². The van der Waals surface area contributed by atoms with E-state index in [1.165, 1.54) is 11.2 Å². The molecule has 20 heavy (non-hydrogen) atoms. The fourth-order valence-corrected chi connectivity index (χ4v) is 3.69. The van der Waals surface area contributed by atoms with E-state index < -0.39 is 10.0 Å². The standard InChI is InChI=1S/C14H19NO4S/c1-3-19-8-9-20(17,18)15-7-6-13-10-12(11(2)16)4-5-14(13)15/h4-5,10H,3,6-9H2,1-2H3. The topological polar surface area (TPSA) is 63.7 Å². The first-order chi connectivity index (χ1) is 9.45. The summed E-state index contributed by atoms with van der Waals surface area (Å²) in [6.45, 7) is 4.49. The average molecular weight is 297 g/mol. The summed E-state index contributed by atoms with van der Waals surface area (Å²) in [5.74, 6) is -0.0279. The zero-order chi connectivity index (χ0) is 14.8. The predicted octanol–water partition coefficient (Wildman–Crippen LogP) is 1.62. The fourth-order valence-electron chi connectivity index (χ4n) is 2.30. The van der Waals surface area contributed by atoms with Gasteiger partial charge in [0.15, 0.2) is 5.78 Å². The second kappa shape index (κ2) is 5.93. The van der Waals surface area contributed by atoms with Gasteiger partial charge in [0.25, 0.3) is 0 Å². The SMILES string of the molecule is CCOCCS(=O)(=O)N1CCc2cc(C(C)=O)ccc21. The molecule has 0 spiro atoms.